The van der Waals surface area contributed by atoms with E-state index in [0.717, 1.165) is 35.4 Å². The molecule has 4 N–H and O–H groups in total. The van der Waals surface area contributed by atoms with Crippen LogP contribution >= 0.6 is 11.6 Å². The van der Waals surface area contributed by atoms with Gasteiger partial charge in [0.1, 0.15) is 5.75 Å². The van der Waals surface area contributed by atoms with Gasteiger partial charge in [-0.3, -0.25) is 0 Å². The van der Waals surface area contributed by atoms with E-state index in [1.807, 2.05) is 36.4 Å². The maximum absolute atomic E-state index is 12.4. The van der Waals surface area contributed by atoms with Gasteiger partial charge in [-0.25, -0.2) is 4.79 Å². The lowest BCUT2D eigenvalue weighted by atomic mass is 10.0. The second kappa shape index (κ2) is 7.55. The van der Waals surface area contributed by atoms with Gasteiger partial charge in [-0.15, -0.1) is 0 Å². The zero-order chi connectivity index (χ0) is 16.9. The summed E-state index contributed by atoms with van der Waals surface area (Å²) in [6, 6.07) is 12.6. The lowest BCUT2D eigenvalue weighted by Gasteiger charge is -2.19. The third kappa shape index (κ3) is 3.80. The summed E-state index contributed by atoms with van der Waals surface area (Å²) in [7, 11) is 0. The number of benzene rings is 2. The fraction of sp³-hybridized carbons (Fsp3) is 0.278. The highest BCUT2D eigenvalue weighted by molar-refractivity contribution is 6.30. The minimum atomic E-state index is -0.260. The summed E-state index contributed by atoms with van der Waals surface area (Å²) in [4.78, 5) is 12.4. The van der Waals surface area contributed by atoms with Crippen LogP contribution in [-0.2, 0) is 6.54 Å². The molecule has 1 atom stereocenters. The fourth-order valence-corrected chi connectivity index (χ4v) is 3.00. The van der Waals surface area contributed by atoms with Crippen molar-refractivity contribution in [2.75, 3.05) is 11.9 Å². The second-order valence-corrected chi connectivity index (χ2v) is 6.12. The highest BCUT2D eigenvalue weighted by Gasteiger charge is 2.22. The first-order valence-electron chi connectivity index (χ1n) is 7.95. The highest BCUT2D eigenvalue weighted by atomic mass is 35.5. The average Bonchev–Trinajstić information content (AvgIpc) is 2.77. The normalized spacial score (nSPS) is 16.5. The van der Waals surface area contributed by atoms with E-state index in [0.29, 0.717) is 18.2 Å². The molecule has 24 heavy (non-hydrogen) atoms. The first-order chi connectivity index (χ1) is 11.7. The topological polar surface area (TPSA) is 76.4 Å². The van der Waals surface area contributed by atoms with Crippen LogP contribution in [0.15, 0.2) is 42.5 Å². The Kier molecular flexibility index (Phi) is 5.23. The SMILES string of the molecule is NCc1ccccc1NC(=O)NC1CCCOc2cc(Cl)ccc21. The molecule has 0 bridgehead atoms. The van der Waals surface area contributed by atoms with Crippen molar-refractivity contribution in [3.8, 4) is 5.75 Å². The van der Waals surface area contributed by atoms with Crippen molar-refractivity contribution in [1.29, 1.82) is 0 Å². The predicted molar refractivity (Wildman–Crippen MR) is 95.4 cm³/mol. The lowest BCUT2D eigenvalue weighted by molar-refractivity contribution is 0.247. The average molecular weight is 346 g/mol. The zero-order valence-electron chi connectivity index (χ0n) is 13.2. The zero-order valence-corrected chi connectivity index (χ0v) is 14.0. The van der Waals surface area contributed by atoms with Gasteiger partial charge in [0.05, 0.1) is 12.6 Å². The summed E-state index contributed by atoms with van der Waals surface area (Å²) in [5.41, 5.74) is 8.27. The molecule has 0 spiro atoms. The van der Waals surface area contributed by atoms with Crippen LogP contribution in [0.3, 0.4) is 0 Å². The third-order valence-electron chi connectivity index (χ3n) is 4.04. The molecule has 1 aliphatic rings. The number of hydrogen-bond acceptors (Lipinski definition) is 3. The van der Waals surface area contributed by atoms with Gasteiger partial charge in [-0.05, 0) is 36.6 Å². The second-order valence-electron chi connectivity index (χ2n) is 5.69. The Morgan fingerprint density at radius 1 is 1.29 bits per heavy atom. The van der Waals surface area contributed by atoms with Crippen LogP contribution in [0.25, 0.3) is 0 Å². The first-order valence-corrected chi connectivity index (χ1v) is 8.33. The Morgan fingerprint density at radius 2 is 2.12 bits per heavy atom. The van der Waals surface area contributed by atoms with Crippen molar-refractivity contribution >= 4 is 23.3 Å². The quantitative estimate of drug-likeness (QED) is 0.791. The molecule has 2 amide bonds. The molecule has 126 valence electrons. The smallest absolute Gasteiger partial charge is 0.319 e. The van der Waals surface area contributed by atoms with E-state index in [-0.39, 0.29) is 12.1 Å². The number of para-hydroxylation sites is 1. The van der Waals surface area contributed by atoms with Crippen molar-refractivity contribution in [2.24, 2.45) is 5.73 Å². The molecule has 0 aliphatic carbocycles. The van der Waals surface area contributed by atoms with Crippen molar-refractivity contribution in [2.45, 2.75) is 25.4 Å². The van der Waals surface area contributed by atoms with Gasteiger partial charge in [-0.1, -0.05) is 35.9 Å². The molecule has 3 rings (SSSR count). The van der Waals surface area contributed by atoms with Gasteiger partial charge in [0.15, 0.2) is 0 Å². The number of hydrogen-bond donors (Lipinski definition) is 3. The fourth-order valence-electron chi connectivity index (χ4n) is 2.83. The number of nitrogens with one attached hydrogen (secondary N) is 2. The highest BCUT2D eigenvalue weighted by Crippen LogP contribution is 2.33. The van der Waals surface area contributed by atoms with Crippen molar-refractivity contribution in [3.63, 3.8) is 0 Å². The predicted octanol–water partition coefficient (Wildman–Crippen LogP) is 3.83. The Morgan fingerprint density at radius 3 is 2.96 bits per heavy atom. The number of carbonyl (C=O) groups is 1. The summed E-state index contributed by atoms with van der Waals surface area (Å²) in [6.07, 6.45) is 1.66. The summed E-state index contributed by atoms with van der Waals surface area (Å²) < 4.78 is 5.72. The number of nitrogens with two attached hydrogens (primary N) is 1. The van der Waals surface area contributed by atoms with E-state index in [9.17, 15) is 4.79 Å². The summed E-state index contributed by atoms with van der Waals surface area (Å²) in [5, 5.41) is 6.52. The van der Waals surface area contributed by atoms with Gasteiger partial charge >= 0.3 is 6.03 Å². The number of urea groups is 1. The molecule has 0 aromatic heterocycles. The van der Waals surface area contributed by atoms with E-state index in [1.165, 1.54) is 0 Å². The van der Waals surface area contributed by atoms with Crippen LogP contribution < -0.4 is 21.1 Å². The van der Waals surface area contributed by atoms with E-state index in [4.69, 9.17) is 22.1 Å². The standard InChI is InChI=1S/C18H20ClN3O2/c19-13-7-8-14-16(6-3-9-24-17(14)10-13)22-18(23)21-15-5-2-1-4-12(15)11-20/h1-2,4-5,7-8,10,16H,3,6,9,11,20H2,(H2,21,22,23). The summed E-state index contributed by atoms with van der Waals surface area (Å²) in [6.45, 7) is 0.984. The van der Waals surface area contributed by atoms with Gasteiger partial charge in [-0.2, -0.15) is 0 Å². The maximum Gasteiger partial charge on any atom is 0.319 e. The van der Waals surface area contributed by atoms with Gasteiger partial charge in [0, 0.05) is 22.8 Å². The van der Waals surface area contributed by atoms with Crippen LogP contribution in [0.2, 0.25) is 5.02 Å². The van der Waals surface area contributed by atoms with Crippen LogP contribution in [0.1, 0.15) is 30.0 Å². The Balaban J connectivity index is 1.75. The first kappa shape index (κ1) is 16.6. The molecule has 0 radical (unpaired) electrons. The number of amides is 2. The molecule has 1 unspecified atom stereocenters. The van der Waals surface area contributed by atoms with E-state index < -0.39 is 0 Å². The molecule has 0 saturated carbocycles. The van der Waals surface area contributed by atoms with Crippen LogP contribution in [0.4, 0.5) is 10.5 Å². The van der Waals surface area contributed by atoms with Gasteiger partial charge in [0.25, 0.3) is 0 Å². The number of carbonyl (C=O) groups excluding carboxylic acids is 1. The van der Waals surface area contributed by atoms with E-state index in [2.05, 4.69) is 10.6 Å². The van der Waals surface area contributed by atoms with Crippen LogP contribution in [-0.4, -0.2) is 12.6 Å². The summed E-state index contributed by atoms with van der Waals surface area (Å²) >= 11 is 6.03. The van der Waals surface area contributed by atoms with Gasteiger partial charge < -0.3 is 21.1 Å². The van der Waals surface area contributed by atoms with E-state index >= 15 is 0 Å². The number of ether oxygens (including phenoxy) is 1. The lowest BCUT2D eigenvalue weighted by Crippen LogP contribution is -2.32. The minimum absolute atomic E-state index is 0.121. The van der Waals surface area contributed by atoms with Crippen molar-refractivity contribution < 1.29 is 9.53 Å². The number of anilines is 1. The molecular formula is C18H20ClN3O2. The molecular weight excluding hydrogens is 326 g/mol. The molecule has 5 nitrogen and oxygen atoms in total. The van der Waals surface area contributed by atoms with Gasteiger partial charge in [0.2, 0.25) is 0 Å². The molecule has 1 heterocycles. The Hall–Kier alpha value is -2.24. The minimum Gasteiger partial charge on any atom is -0.493 e. The molecule has 6 heteroatoms. The Bertz CT molecular complexity index is 736. The largest absolute Gasteiger partial charge is 0.493 e. The Labute approximate surface area is 146 Å². The van der Waals surface area contributed by atoms with Crippen molar-refractivity contribution in [3.05, 3.63) is 58.6 Å². The third-order valence-corrected chi connectivity index (χ3v) is 4.27. The molecule has 1 aliphatic heterocycles. The maximum atomic E-state index is 12.4. The molecule has 0 fully saturated rings. The summed E-state index contributed by atoms with van der Waals surface area (Å²) in [5.74, 6) is 0.729. The molecule has 0 saturated heterocycles. The van der Waals surface area contributed by atoms with Crippen molar-refractivity contribution in [1.82, 2.24) is 5.32 Å². The number of halogens is 1. The molecule has 2 aromatic rings. The van der Waals surface area contributed by atoms with Crippen LogP contribution in [0, 0.1) is 0 Å². The van der Waals surface area contributed by atoms with Crippen LogP contribution in [0.5, 0.6) is 5.75 Å². The van der Waals surface area contributed by atoms with E-state index in [1.54, 1.807) is 6.07 Å². The number of rotatable bonds is 3. The monoisotopic (exact) mass is 345 g/mol. The number of fused-ring (bicyclic) bond motifs is 1. The molecule has 2 aromatic carbocycles.